The fourth-order valence-electron chi connectivity index (χ4n) is 3.78. The summed E-state index contributed by atoms with van der Waals surface area (Å²) in [5.74, 6) is 2.31. The Hall–Kier alpha value is -2.24. The molecule has 2 amide bonds. The zero-order chi connectivity index (χ0) is 15.8. The van der Waals surface area contributed by atoms with E-state index in [0.717, 1.165) is 19.4 Å². The van der Waals surface area contributed by atoms with Gasteiger partial charge in [-0.3, -0.25) is 9.59 Å². The van der Waals surface area contributed by atoms with Crippen molar-refractivity contribution < 1.29 is 19.1 Å². The lowest BCUT2D eigenvalue weighted by molar-refractivity contribution is -0.121. The van der Waals surface area contributed by atoms with Crippen LogP contribution in [0.25, 0.3) is 0 Å². The van der Waals surface area contributed by atoms with Crippen LogP contribution in [0.4, 0.5) is 0 Å². The van der Waals surface area contributed by atoms with E-state index in [-0.39, 0.29) is 18.6 Å². The molecule has 2 unspecified atom stereocenters. The lowest BCUT2D eigenvalue weighted by Crippen LogP contribution is -2.43. The molecule has 0 radical (unpaired) electrons. The van der Waals surface area contributed by atoms with Crippen LogP contribution < -0.4 is 14.8 Å². The van der Waals surface area contributed by atoms with Gasteiger partial charge in [0.1, 0.15) is 0 Å². The number of hydrogen-bond acceptors (Lipinski definition) is 4. The monoisotopic (exact) mass is 316 g/mol. The van der Waals surface area contributed by atoms with Crippen molar-refractivity contribution in [2.45, 2.75) is 19.3 Å². The van der Waals surface area contributed by atoms with Gasteiger partial charge in [0, 0.05) is 31.6 Å². The first-order chi connectivity index (χ1) is 11.2. The van der Waals surface area contributed by atoms with Crippen molar-refractivity contribution in [2.75, 3.05) is 26.4 Å². The number of fused-ring (bicyclic) bond motifs is 2. The zero-order valence-corrected chi connectivity index (χ0v) is 12.9. The average molecular weight is 316 g/mol. The topological polar surface area (TPSA) is 67.9 Å². The molecule has 0 bridgehead atoms. The van der Waals surface area contributed by atoms with E-state index in [1.165, 1.54) is 0 Å². The fourth-order valence-corrected chi connectivity index (χ4v) is 3.78. The van der Waals surface area contributed by atoms with Gasteiger partial charge < -0.3 is 19.7 Å². The van der Waals surface area contributed by atoms with Gasteiger partial charge in [-0.1, -0.05) is 0 Å². The Bertz CT molecular complexity index is 645. The third-order valence-electron chi connectivity index (χ3n) is 5.08. The molecule has 2 fully saturated rings. The second-order valence-corrected chi connectivity index (χ2v) is 6.47. The fraction of sp³-hybridized carbons (Fsp3) is 0.529. The lowest BCUT2D eigenvalue weighted by atomic mass is 9.82. The number of piperidine rings is 1. The summed E-state index contributed by atoms with van der Waals surface area (Å²) in [4.78, 5) is 26.3. The highest BCUT2D eigenvalue weighted by Crippen LogP contribution is 2.34. The molecule has 3 aliphatic heterocycles. The molecular formula is C17H20N2O4. The Kier molecular flexibility index (Phi) is 3.59. The highest BCUT2D eigenvalue weighted by atomic mass is 16.7. The van der Waals surface area contributed by atoms with Crippen molar-refractivity contribution in [2.24, 2.45) is 11.8 Å². The Labute approximate surface area is 134 Å². The first-order valence-electron chi connectivity index (χ1n) is 8.16. The predicted molar refractivity (Wildman–Crippen MR) is 82.3 cm³/mol. The second-order valence-electron chi connectivity index (χ2n) is 6.47. The van der Waals surface area contributed by atoms with Gasteiger partial charge in [-0.05, 0) is 42.9 Å². The summed E-state index contributed by atoms with van der Waals surface area (Å²) in [6.45, 7) is 2.36. The zero-order valence-electron chi connectivity index (χ0n) is 12.9. The summed E-state index contributed by atoms with van der Waals surface area (Å²) in [7, 11) is 0. The number of benzene rings is 1. The molecular weight excluding hydrogens is 296 g/mol. The third-order valence-corrected chi connectivity index (χ3v) is 5.08. The Morgan fingerprint density at radius 1 is 1.17 bits per heavy atom. The summed E-state index contributed by atoms with van der Waals surface area (Å²) in [5.41, 5.74) is 0.635. The molecule has 0 aliphatic carbocycles. The maximum absolute atomic E-state index is 12.8. The largest absolute Gasteiger partial charge is 0.454 e. The van der Waals surface area contributed by atoms with Crippen LogP contribution in [0.3, 0.4) is 0 Å². The molecule has 4 rings (SSSR count). The van der Waals surface area contributed by atoms with Gasteiger partial charge in [-0.2, -0.15) is 0 Å². The predicted octanol–water partition coefficient (Wildman–Crippen LogP) is 1.40. The van der Waals surface area contributed by atoms with E-state index < -0.39 is 0 Å². The second kappa shape index (κ2) is 5.76. The molecule has 3 heterocycles. The van der Waals surface area contributed by atoms with Crippen molar-refractivity contribution in [3.63, 3.8) is 0 Å². The Balaban J connectivity index is 1.48. The van der Waals surface area contributed by atoms with Crippen LogP contribution >= 0.6 is 0 Å². The molecule has 23 heavy (non-hydrogen) atoms. The molecule has 0 spiro atoms. The van der Waals surface area contributed by atoms with Crippen molar-refractivity contribution in [1.82, 2.24) is 10.2 Å². The molecule has 1 aromatic carbocycles. The molecule has 0 aromatic heterocycles. The van der Waals surface area contributed by atoms with Gasteiger partial charge in [0.2, 0.25) is 12.7 Å². The molecule has 2 saturated heterocycles. The molecule has 1 aromatic rings. The van der Waals surface area contributed by atoms with Crippen molar-refractivity contribution in [1.29, 1.82) is 0 Å². The summed E-state index contributed by atoms with van der Waals surface area (Å²) >= 11 is 0. The van der Waals surface area contributed by atoms with E-state index >= 15 is 0 Å². The number of nitrogens with zero attached hydrogens (tertiary/aromatic N) is 1. The van der Waals surface area contributed by atoms with E-state index in [1.54, 1.807) is 18.2 Å². The van der Waals surface area contributed by atoms with E-state index in [0.29, 0.717) is 48.4 Å². The molecule has 122 valence electrons. The van der Waals surface area contributed by atoms with Crippen LogP contribution in [-0.2, 0) is 4.79 Å². The van der Waals surface area contributed by atoms with E-state index in [9.17, 15) is 9.59 Å². The number of likely N-dealkylation sites (tertiary alicyclic amines) is 1. The minimum absolute atomic E-state index is 0.0327. The summed E-state index contributed by atoms with van der Waals surface area (Å²) in [6.07, 6.45) is 2.44. The minimum atomic E-state index is 0.0327. The number of rotatable bonds is 1. The molecule has 1 N–H and O–H groups in total. The number of carbonyl (C=O) groups is 2. The van der Waals surface area contributed by atoms with E-state index in [1.807, 2.05) is 4.90 Å². The third kappa shape index (κ3) is 2.73. The summed E-state index contributed by atoms with van der Waals surface area (Å²) in [6, 6.07) is 5.34. The standard InChI is InChI=1S/C17H20N2O4/c20-16-8-11-4-6-19(9-13(11)3-5-18-16)17(21)12-1-2-14-15(7-12)23-10-22-14/h1-2,7,11,13H,3-6,8-10H2,(H,18,20). The Morgan fingerprint density at radius 2 is 2.04 bits per heavy atom. The maximum atomic E-state index is 12.8. The van der Waals surface area contributed by atoms with E-state index in [2.05, 4.69) is 5.32 Å². The molecule has 0 saturated carbocycles. The van der Waals surface area contributed by atoms with Crippen molar-refractivity contribution in [3.8, 4) is 11.5 Å². The number of ether oxygens (including phenoxy) is 2. The first-order valence-corrected chi connectivity index (χ1v) is 8.16. The van der Waals surface area contributed by atoms with E-state index in [4.69, 9.17) is 9.47 Å². The van der Waals surface area contributed by atoms with Crippen LogP contribution in [0.5, 0.6) is 11.5 Å². The number of amides is 2. The highest BCUT2D eigenvalue weighted by Gasteiger charge is 2.34. The molecule has 6 nitrogen and oxygen atoms in total. The molecule has 2 atom stereocenters. The summed E-state index contributed by atoms with van der Waals surface area (Å²) < 4.78 is 10.6. The SMILES string of the molecule is O=C1CC2CCN(C(=O)c3ccc4c(c3)OCO4)CC2CCN1. The number of carbonyl (C=O) groups excluding carboxylic acids is 2. The smallest absolute Gasteiger partial charge is 0.254 e. The maximum Gasteiger partial charge on any atom is 0.254 e. The quantitative estimate of drug-likeness (QED) is 0.850. The van der Waals surface area contributed by atoms with Gasteiger partial charge in [0.05, 0.1) is 0 Å². The average Bonchev–Trinajstić information content (AvgIpc) is 2.94. The van der Waals surface area contributed by atoms with Gasteiger partial charge in [-0.15, -0.1) is 0 Å². The van der Waals surface area contributed by atoms with Crippen LogP contribution in [0.1, 0.15) is 29.6 Å². The summed E-state index contributed by atoms with van der Waals surface area (Å²) in [5, 5.41) is 2.93. The van der Waals surface area contributed by atoms with Gasteiger partial charge in [-0.25, -0.2) is 0 Å². The molecule has 6 heteroatoms. The van der Waals surface area contributed by atoms with Crippen LogP contribution in [0.2, 0.25) is 0 Å². The number of hydrogen-bond donors (Lipinski definition) is 1. The van der Waals surface area contributed by atoms with Crippen molar-refractivity contribution in [3.05, 3.63) is 23.8 Å². The normalized spacial score (nSPS) is 26.3. The number of nitrogens with one attached hydrogen (secondary N) is 1. The van der Waals surface area contributed by atoms with Crippen LogP contribution in [0, 0.1) is 11.8 Å². The lowest BCUT2D eigenvalue weighted by Gasteiger charge is -2.37. The van der Waals surface area contributed by atoms with Gasteiger partial charge in [0.25, 0.3) is 5.91 Å². The van der Waals surface area contributed by atoms with Crippen LogP contribution in [0.15, 0.2) is 18.2 Å². The molecule has 3 aliphatic rings. The highest BCUT2D eigenvalue weighted by molar-refractivity contribution is 5.95. The minimum Gasteiger partial charge on any atom is -0.454 e. The Morgan fingerprint density at radius 3 is 2.96 bits per heavy atom. The van der Waals surface area contributed by atoms with Gasteiger partial charge >= 0.3 is 0 Å². The van der Waals surface area contributed by atoms with Gasteiger partial charge in [0.15, 0.2) is 11.5 Å². The van der Waals surface area contributed by atoms with Crippen LogP contribution in [-0.4, -0.2) is 43.1 Å². The first kappa shape index (κ1) is 14.4. The van der Waals surface area contributed by atoms with Crippen molar-refractivity contribution >= 4 is 11.8 Å².